The molecule has 90 valence electrons. The van der Waals surface area contributed by atoms with Crippen LogP contribution in [0.25, 0.3) is 0 Å². The number of likely N-dealkylation sites (tertiary alicyclic amines) is 1. The monoisotopic (exact) mass is 212 g/mol. The zero-order valence-electron chi connectivity index (χ0n) is 10.8. The summed E-state index contributed by atoms with van der Waals surface area (Å²) in [5.74, 6) is 0.839. The molecule has 1 aliphatic rings. The molecule has 0 saturated carbocycles. The van der Waals surface area contributed by atoms with Gasteiger partial charge in [0.2, 0.25) is 0 Å². The third-order valence-electron chi connectivity index (χ3n) is 3.56. The summed E-state index contributed by atoms with van der Waals surface area (Å²) in [6, 6.07) is 0.809. The summed E-state index contributed by atoms with van der Waals surface area (Å²) in [6.07, 6.45) is 5.45. The van der Waals surface area contributed by atoms with Crippen molar-refractivity contribution in [3.63, 3.8) is 0 Å². The van der Waals surface area contributed by atoms with Crippen molar-refractivity contribution in [1.29, 1.82) is 0 Å². The number of rotatable bonds is 7. The summed E-state index contributed by atoms with van der Waals surface area (Å²) in [4.78, 5) is 2.61. The van der Waals surface area contributed by atoms with Crippen molar-refractivity contribution in [3.05, 3.63) is 0 Å². The molecule has 0 spiro atoms. The van der Waals surface area contributed by atoms with E-state index in [9.17, 15) is 0 Å². The molecule has 1 saturated heterocycles. The first-order valence-electron chi connectivity index (χ1n) is 6.72. The second-order valence-corrected chi connectivity index (χ2v) is 4.98. The van der Waals surface area contributed by atoms with Gasteiger partial charge in [0.25, 0.3) is 0 Å². The van der Waals surface area contributed by atoms with E-state index in [1.54, 1.807) is 0 Å². The fourth-order valence-corrected chi connectivity index (χ4v) is 2.63. The predicted octanol–water partition coefficient (Wildman–Crippen LogP) is 2.50. The van der Waals surface area contributed by atoms with Crippen LogP contribution in [0.1, 0.15) is 46.5 Å². The van der Waals surface area contributed by atoms with Gasteiger partial charge >= 0.3 is 0 Å². The molecule has 2 heteroatoms. The molecule has 1 rings (SSSR count). The quantitative estimate of drug-likeness (QED) is 0.697. The smallest absolute Gasteiger partial charge is 0.0220 e. The molecule has 1 fully saturated rings. The average Bonchev–Trinajstić information content (AvgIpc) is 2.66. The van der Waals surface area contributed by atoms with Gasteiger partial charge in [-0.25, -0.2) is 0 Å². The summed E-state index contributed by atoms with van der Waals surface area (Å²) in [6.45, 7) is 11.8. The van der Waals surface area contributed by atoms with Crippen LogP contribution in [0, 0.1) is 5.92 Å². The Hall–Kier alpha value is -0.0800. The van der Waals surface area contributed by atoms with E-state index in [4.69, 9.17) is 0 Å². The Morgan fingerprint density at radius 1 is 1.40 bits per heavy atom. The Bertz CT molecular complexity index is 159. The lowest BCUT2D eigenvalue weighted by molar-refractivity contribution is 0.257. The second kappa shape index (κ2) is 7.24. The minimum Gasteiger partial charge on any atom is -0.315 e. The van der Waals surface area contributed by atoms with Crippen molar-refractivity contribution in [1.82, 2.24) is 10.2 Å². The fraction of sp³-hybridized carbons (Fsp3) is 1.00. The molecule has 1 aliphatic heterocycles. The Labute approximate surface area is 95.4 Å². The van der Waals surface area contributed by atoms with Crippen molar-refractivity contribution in [2.75, 3.05) is 26.2 Å². The molecule has 0 aliphatic carbocycles. The summed E-state index contributed by atoms with van der Waals surface area (Å²) in [7, 11) is 0. The number of likely N-dealkylation sites (N-methyl/N-ethyl adjacent to an activating group) is 1. The van der Waals surface area contributed by atoms with E-state index < -0.39 is 0 Å². The van der Waals surface area contributed by atoms with Crippen LogP contribution in [0.3, 0.4) is 0 Å². The zero-order chi connectivity index (χ0) is 11.1. The lowest BCUT2D eigenvalue weighted by atomic mass is 10.1. The van der Waals surface area contributed by atoms with Crippen LogP contribution in [-0.4, -0.2) is 37.1 Å². The molecule has 2 nitrogen and oxygen atoms in total. The van der Waals surface area contributed by atoms with Crippen LogP contribution in [-0.2, 0) is 0 Å². The van der Waals surface area contributed by atoms with E-state index in [-0.39, 0.29) is 0 Å². The highest BCUT2D eigenvalue weighted by molar-refractivity contribution is 4.80. The minimum absolute atomic E-state index is 0.809. The van der Waals surface area contributed by atoms with Gasteiger partial charge in [-0.3, -0.25) is 4.90 Å². The van der Waals surface area contributed by atoms with E-state index in [1.807, 2.05) is 0 Å². The zero-order valence-corrected chi connectivity index (χ0v) is 10.8. The fourth-order valence-electron chi connectivity index (χ4n) is 2.63. The number of nitrogens with one attached hydrogen (secondary N) is 1. The predicted molar refractivity (Wildman–Crippen MR) is 67.2 cm³/mol. The average molecular weight is 212 g/mol. The van der Waals surface area contributed by atoms with Crippen LogP contribution < -0.4 is 5.32 Å². The molecule has 0 unspecified atom stereocenters. The lowest BCUT2D eigenvalue weighted by Crippen LogP contribution is -2.39. The van der Waals surface area contributed by atoms with E-state index in [1.165, 1.54) is 51.9 Å². The van der Waals surface area contributed by atoms with Crippen molar-refractivity contribution in [2.24, 2.45) is 5.92 Å². The SMILES string of the molecule is CCC[C@@H](C)CNC[C@H]1CCCN1CC. The Morgan fingerprint density at radius 2 is 2.20 bits per heavy atom. The number of nitrogens with zero attached hydrogens (tertiary/aromatic N) is 1. The molecular formula is C13H28N2. The molecular weight excluding hydrogens is 184 g/mol. The van der Waals surface area contributed by atoms with E-state index in [0.29, 0.717) is 0 Å². The van der Waals surface area contributed by atoms with Gasteiger partial charge in [0.05, 0.1) is 0 Å². The molecule has 1 N–H and O–H groups in total. The highest BCUT2D eigenvalue weighted by Crippen LogP contribution is 2.15. The first-order valence-corrected chi connectivity index (χ1v) is 6.72. The normalized spacial score (nSPS) is 24.6. The van der Waals surface area contributed by atoms with Gasteiger partial charge in [0.1, 0.15) is 0 Å². The first kappa shape index (κ1) is 13.0. The van der Waals surface area contributed by atoms with Gasteiger partial charge in [-0.1, -0.05) is 27.2 Å². The van der Waals surface area contributed by atoms with Gasteiger partial charge in [0.15, 0.2) is 0 Å². The van der Waals surface area contributed by atoms with Crippen molar-refractivity contribution < 1.29 is 0 Å². The van der Waals surface area contributed by atoms with Crippen molar-refractivity contribution in [3.8, 4) is 0 Å². The topological polar surface area (TPSA) is 15.3 Å². The van der Waals surface area contributed by atoms with Gasteiger partial charge in [-0.15, -0.1) is 0 Å². The van der Waals surface area contributed by atoms with Crippen LogP contribution in [0.4, 0.5) is 0 Å². The molecule has 0 aromatic heterocycles. The summed E-state index contributed by atoms with van der Waals surface area (Å²) in [5, 5.41) is 3.63. The van der Waals surface area contributed by atoms with E-state index in [2.05, 4.69) is 31.0 Å². The van der Waals surface area contributed by atoms with Crippen LogP contribution >= 0.6 is 0 Å². The highest BCUT2D eigenvalue weighted by atomic mass is 15.2. The molecule has 0 aromatic rings. The third kappa shape index (κ3) is 4.52. The largest absolute Gasteiger partial charge is 0.315 e. The van der Waals surface area contributed by atoms with Gasteiger partial charge in [-0.05, 0) is 44.8 Å². The molecule has 0 amide bonds. The molecule has 2 atom stereocenters. The maximum Gasteiger partial charge on any atom is 0.0220 e. The Kier molecular flexibility index (Phi) is 6.26. The van der Waals surface area contributed by atoms with Crippen LogP contribution in [0.15, 0.2) is 0 Å². The summed E-state index contributed by atoms with van der Waals surface area (Å²) in [5.41, 5.74) is 0. The third-order valence-corrected chi connectivity index (χ3v) is 3.56. The van der Waals surface area contributed by atoms with Crippen molar-refractivity contribution >= 4 is 0 Å². The second-order valence-electron chi connectivity index (χ2n) is 4.98. The van der Waals surface area contributed by atoms with E-state index >= 15 is 0 Å². The molecule has 0 bridgehead atoms. The molecule has 1 heterocycles. The number of hydrogen-bond acceptors (Lipinski definition) is 2. The highest BCUT2D eigenvalue weighted by Gasteiger charge is 2.22. The Balaban J connectivity index is 2.08. The summed E-state index contributed by atoms with van der Waals surface area (Å²) < 4.78 is 0. The van der Waals surface area contributed by atoms with Crippen LogP contribution in [0.2, 0.25) is 0 Å². The molecule has 0 radical (unpaired) electrons. The standard InChI is InChI=1S/C13H28N2/c1-4-7-12(3)10-14-11-13-8-6-9-15(13)5-2/h12-14H,4-11H2,1-3H3/t12-,13-/m1/s1. The van der Waals surface area contributed by atoms with Crippen LogP contribution in [0.5, 0.6) is 0 Å². The van der Waals surface area contributed by atoms with Crippen molar-refractivity contribution in [2.45, 2.75) is 52.5 Å². The molecule has 15 heavy (non-hydrogen) atoms. The van der Waals surface area contributed by atoms with Gasteiger partial charge < -0.3 is 5.32 Å². The minimum atomic E-state index is 0.809. The lowest BCUT2D eigenvalue weighted by Gasteiger charge is -2.23. The summed E-state index contributed by atoms with van der Waals surface area (Å²) >= 11 is 0. The maximum atomic E-state index is 3.63. The molecule has 0 aromatic carbocycles. The number of hydrogen-bond donors (Lipinski definition) is 1. The maximum absolute atomic E-state index is 3.63. The van der Waals surface area contributed by atoms with E-state index in [0.717, 1.165) is 12.0 Å². The van der Waals surface area contributed by atoms with Gasteiger partial charge in [-0.2, -0.15) is 0 Å². The first-order chi connectivity index (χ1) is 7.27. The van der Waals surface area contributed by atoms with Gasteiger partial charge in [0, 0.05) is 12.6 Å². The Morgan fingerprint density at radius 3 is 2.87 bits per heavy atom.